The molecule has 4 fully saturated rings. The molecule has 5 heteroatoms. The lowest BCUT2D eigenvalue weighted by Crippen LogP contribution is -2.56. The molecule has 1 aliphatic heterocycles. The molecular formula is C33H58O5. The Kier molecular flexibility index (Phi) is 7.76. The number of ether oxygens (including phenoxy) is 2. The van der Waals surface area contributed by atoms with Crippen molar-refractivity contribution in [1.29, 1.82) is 0 Å². The minimum Gasteiger partial charge on any atom is -0.457 e. The zero-order valence-corrected chi connectivity index (χ0v) is 26.3. The van der Waals surface area contributed by atoms with Gasteiger partial charge in [0.25, 0.3) is 0 Å². The lowest BCUT2D eigenvalue weighted by molar-refractivity contribution is -0.216. The lowest BCUT2D eigenvalue weighted by atomic mass is 9.45. The molecule has 3 saturated carbocycles. The fourth-order valence-electron chi connectivity index (χ4n) is 10.9. The van der Waals surface area contributed by atoms with E-state index in [1.807, 2.05) is 0 Å². The van der Waals surface area contributed by atoms with E-state index >= 15 is 0 Å². The van der Waals surface area contributed by atoms with Crippen molar-refractivity contribution >= 4 is 5.97 Å². The van der Waals surface area contributed by atoms with E-state index in [-0.39, 0.29) is 22.9 Å². The van der Waals surface area contributed by atoms with Gasteiger partial charge in [-0.05, 0) is 91.8 Å². The van der Waals surface area contributed by atoms with Crippen LogP contribution in [-0.4, -0.2) is 46.2 Å². The smallest absolute Gasteiger partial charge is 0.303 e. The van der Waals surface area contributed by atoms with Crippen molar-refractivity contribution in [3.8, 4) is 0 Å². The molecule has 0 bridgehead atoms. The van der Waals surface area contributed by atoms with Crippen LogP contribution in [0.4, 0.5) is 0 Å². The summed E-state index contributed by atoms with van der Waals surface area (Å²) >= 11 is 0. The summed E-state index contributed by atoms with van der Waals surface area (Å²) in [5, 5.41) is 23.3. The second-order valence-electron chi connectivity index (χ2n) is 15.7. The molecule has 1 heterocycles. The Balaban J connectivity index is 1.71. The average Bonchev–Trinajstić information content (AvgIpc) is 3.41. The summed E-state index contributed by atoms with van der Waals surface area (Å²) in [4.78, 5) is 12.0. The van der Waals surface area contributed by atoms with Crippen molar-refractivity contribution in [1.82, 2.24) is 0 Å². The first-order chi connectivity index (χ1) is 17.4. The van der Waals surface area contributed by atoms with E-state index in [1.165, 1.54) is 32.6 Å². The highest BCUT2D eigenvalue weighted by Crippen LogP contribution is 2.84. The van der Waals surface area contributed by atoms with Crippen LogP contribution in [0.25, 0.3) is 0 Å². The van der Waals surface area contributed by atoms with Crippen LogP contribution in [0.2, 0.25) is 0 Å². The molecule has 0 radical (unpaired) electrons. The molecule has 38 heavy (non-hydrogen) atoms. The number of aliphatic hydroxyl groups excluding tert-OH is 1. The second-order valence-corrected chi connectivity index (χ2v) is 15.7. The first-order valence-corrected chi connectivity index (χ1v) is 15.7. The first kappa shape index (κ1) is 30.3. The molecule has 220 valence electrons. The predicted octanol–water partition coefficient (Wildman–Crippen LogP) is 6.77. The Morgan fingerprint density at radius 1 is 1.16 bits per heavy atom. The third kappa shape index (κ3) is 4.14. The fraction of sp³-hybridized carbons (Fsp3) is 0.970. The van der Waals surface area contributed by atoms with Crippen molar-refractivity contribution in [3.63, 3.8) is 0 Å². The van der Waals surface area contributed by atoms with Gasteiger partial charge in [0.1, 0.15) is 0 Å². The van der Waals surface area contributed by atoms with Gasteiger partial charge in [-0.15, -0.1) is 0 Å². The van der Waals surface area contributed by atoms with Crippen LogP contribution < -0.4 is 0 Å². The van der Waals surface area contributed by atoms with Gasteiger partial charge in [-0.1, -0.05) is 68.2 Å². The van der Waals surface area contributed by atoms with Gasteiger partial charge in [0.2, 0.25) is 0 Å². The highest BCUT2D eigenvalue weighted by atomic mass is 16.6. The topological polar surface area (TPSA) is 76.0 Å². The molecule has 1 saturated heterocycles. The molecule has 3 aliphatic carbocycles. The Hall–Kier alpha value is -0.650. The predicted molar refractivity (Wildman–Crippen MR) is 151 cm³/mol. The van der Waals surface area contributed by atoms with Gasteiger partial charge < -0.3 is 19.7 Å². The number of hydrogen-bond donors (Lipinski definition) is 2. The van der Waals surface area contributed by atoms with Crippen LogP contribution >= 0.6 is 0 Å². The molecule has 4 aliphatic rings. The molecule has 0 aromatic heterocycles. The summed E-state index contributed by atoms with van der Waals surface area (Å²) in [5.41, 5.74) is -0.846. The van der Waals surface area contributed by atoms with Gasteiger partial charge in [0.15, 0.2) is 6.10 Å². The van der Waals surface area contributed by atoms with Crippen LogP contribution in [0.15, 0.2) is 0 Å². The van der Waals surface area contributed by atoms with Gasteiger partial charge in [-0.3, -0.25) is 4.79 Å². The normalized spacial score (nSPS) is 47.2. The Bertz CT molecular complexity index is 892. The van der Waals surface area contributed by atoms with Crippen LogP contribution in [0, 0.1) is 51.2 Å². The molecule has 0 aromatic carbocycles. The number of carbonyl (C=O) groups is 1. The van der Waals surface area contributed by atoms with E-state index in [0.29, 0.717) is 40.9 Å². The number of aliphatic hydroxyl groups is 2. The van der Waals surface area contributed by atoms with Gasteiger partial charge in [0, 0.05) is 12.3 Å². The maximum Gasteiger partial charge on any atom is 0.303 e. The van der Waals surface area contributed by atoms with E-state index in [1.54, 1.807) is 13.8 Å². The van der Waals surface area contributed by atoms with Crippen LogP contribution in [0.1, 0.15) is 121 Å². The Morgan fingerprint density at radius 2 is 1.79 bits per heavy atom. The van der Waals surface area contributed by atoms with Crippen LogP contribution in [0.3, 0.4) is 0 Å². The summed E-state index contributed by atoms with van der Waals surface area (Å²) in [5.74, 6) is 1.91. The second kappa shape index (κ2) is 9.72. The van der Waals surface area contributed by atoms with Gasteiger partial charge >= 0.3 is 5.97 Å². The van der Waals surface area contributed by atoms with Crippen molar-refractivity contribution in [2.45, 2.75) is 151 Å². The van der Waals surface area contributed by atoms with E-state index in [9.17, 15) is 15.0 Å². The molecule has 1 spiro atoms. The minimum atomic E-state index is -1.23. The molecule has 2 N–H and O–H groups in total. The van der Waals surface area contributed by atoms with E-state index in [2.05, 4.69) is 55.4 Å². The Labute approximate surface area is 232 Å². The monoisotopic (exact) mass is 534 g/mol. The van der Waals surface area contributed by atoms with Gasteiger partial charge in [0.05, 0.1) is 23.9 Å². The first-order valence-electron chi connectivity index (χ1n) is 15.7. The van der Waals surface area contributed by atoms with E-state index in [4.69, 9.17) is 9.47 Å². The average molecular weight is 535 g/mol. The van der Waals surface area contributed by atoms with Crippen LogP contribution in [-0.2, 0) is 14.3 Å². The third-order valence-electron chi connectivity index (χ3n) is 12.8. The van der Waals surface area contributed by atoms with E-state index < -0.39 is 29.9 Å². The number of hydrogen-bond acceptors (Lipinski definition) is 5. The zero-order valence-electron chi connectivity index (χ0n) is 26.3. The highest BCUT2D eigenvalue weighted by molar-refractivity contribution is 5.66. The van der Waals surface area contributed by atoms with Crippen LogP contribution in [0.5, 0.6) is 0 Å². The SMILES string of the molecule is CC[C@@H]1[C@]2(CC[C@]3(C)C4[C@H](C)C[C@H]([C@H](OC(C)=O)C(C)(C)O)O[C@@H]4[C@H](O)[C@@]13C)C[C@]2(CCC(C)C)C(C)C. The van der Waals surface area contributed by atoms with Crippen molar-refractivity contribution < 1.29 is 24.5 Å². The van der Waals surface area contributed by atoms with Crippen molar-refractivity contribution in [2.24, 2.45) is 51.2 Å². The molecule has 11 atom stereocenters. The molecule has 5 nitrogen and oxygen atoms in total. The minimum absolute atomic E-state index is 0.0254. The molecule has 0 aromatic rings. The van der Waals surface area contributed by atoms with Gasteiger partial charge in [-0.25, -0.2) is 0 Å². The van der Waals surface area contributed by atoms with Crippen molar-refractivity contribution in [2.75, 3.05) is 0 Å². The summed E-state index contributed by atoms with van der Waals surface area (Å²) in [6.07, 6.45) is 5.94. The van der Waals surface area contributed by atoms with Crippen molar-refractivity contribution in [3.05, 3.63) is 0 Å². The van der Waals surface area contributed by atoms with E-state index in [0.717, 1.165) is 12.8 Å². The Morgan fingerprint density at radius 3 is 2.29 bits per heavy atom. The number of esters is 1. The summed E-state index contributed by atoms with van der Waals surface area (Å²) in [7, 11) is 0. The number of rotatable bonds is 8. The maximum absolute atomic E-state index is 12.3. The zero-order chi connectivity index (χ0) is 28.6. The van der Waals surface area contributed by atoms with Gasteiger partial charge in [-0.2, -0.15) is 0 Å². The largest absolute Gasteiger partial charge is 0.457 e. The molecule has 4 rings (SSSR count). The molecular weight excluding hydrogens is 476 g/mol. The molecule has 1 unspecified atom stereocenters. The quantitative estimate of drug-likeness (QED) is 0.336. The summed E-state index contributed by atoms with van der Waals surface area (Å²) < 4.78 is 12.4. The lowest BCUT2D eigenvalue weighted by Gasteiger charge is -2.59. The highest BCUT2D eigenvalue weighted by Gasteiger charge is 2.80. The summed E-state index contributed by atoms with van der Waals surface area (Å²) in [6, 6.07) is 0. The standard InChI is InChI=1S/C33H58O5/c1-12-24-31(11)27(35)26-25(21(6)17-23(38-26)28(29(8,9)36)37-22(7)34)30(31,10)15-16-33(24)18-32(33,20(4)5)14-13-19(2)3/h19-21,23-28,35-36H,12-18H2,1-11H3/t21-,23-,24+,25?,26+,27+,28+,30-,31-,32-,33+/m1/s1. The molecule has 0 amide bonds. The fourth-order valence-corrected chi connectivity index (χ4v) is 10.9. The number of fused-ring (bicyclic) bond motifs is 3. The number of carbonyl (C=O) groups excluding carboxylic acids is 1. The third-order valence-corrected chi connectivity index (χ3v) is 12.8. The summed E-state index contributed by atoms with van der Waals surface area (Å²) in [6.45, 7) is 23.8. The maximum atomic E-state index is 12.3.